The molecule has 9 heteroatoms. The number of nitrogens with two attached hydrogens (primary N) is 1. The van der Waals surface area contributed by atoms with Crippen molar-refractivity contribution in [2.75, 3.05) is 32.5 Å². The summed E-state index contributed by atoms with van der Waals surface area (Å²) >= 11 is 0. The van der Waals surface area contributed by atoms with Crippen molar-refractivity contribution in [2.24, 2.45) is 5.92 Å². The smallest absolute Gasteiger partial charge is 0.267 e. The second kappa shape index (κ2) is 10.9. The Hall–Kier alpha value is -4.11. The number of piperidine rings is 1. The molecule has 2 aromatic carbocycles. The zero-order chi connectivity index (χ0) is 25.8. The Bertz CT molecular complexity index is 1430. The molecule has 0 spiro atoms. The standard InChI is InChI=1S/C28H29FN6O2/c1-34-11-9-19(10-12-34)18-37-23-15-31-28(32-16-23)22-4-2-3-20(13-22)17-35-27(36)8-7-26(33-35)21-5-6-24(29)25(30)14-21/h2-8,13-16,19H,9-12,17-18,30H2,1H3. The van der Waals surface area contributed by atoms with Crippen LogP contribution in [0.25, 0.3) is 22.6 Å². The number of ether oxygens (including phenoxy) is 1. The van der Waals surface area contributed by atoms with Crippen molar-refractivity contribution < 1.29 is 9.13 Å². The highest BCUT2D eigenvalue weighted by Gasteiger charge is 2.17. The molecule has 2 aromatic heterocycles. The molecule has 1 aliphatic rings. The molecule has 8 nitrogen and oxygen atoms in total. The number of hydrogen-bond acceptors (Lipinski definition) is 7. The highest BCUT2D eigenvalue weighted by molar-refractivity contribution is 5.63. The molecule has 5 rings (SSSR count). The van der Waals surface area contributed by atoms with E-state index < -0.39 is 5.82 Å². The molecule has 2 N–H and O–H groups in total. The lowest BCUT2D eigenvalue weighted by molar-refractivity contribution is 0.159. The maximum Gasteiger partial charge on any atom is 0.267 e. The molecule has 0 saturated carbocycles. The second-order valence-corrected chi connectivity index (χ2v) is 9.45. The van der Waals surface area contributed by atoms with Gasteiger partial charge < -0.3 is 15.4 Å². The van der Waals surface area contributed by atoms with Gasteiger partial charge >= 0.3 is 0 Å². The monoisotopic (exact) mass is 500 g/mol. The van der Waals surface area contributed by atoms with Crippen LogP contribution < -0.4 is 16.0 Å². The van der Waals surface area contributed by atoms with Crippen LogP contribution in [-0.4, -0.2) is 51.4 Å². The van der Waals surface area contributed by atoms with Gasteiger partial charge in [0.1, 0.15) is 5.82 Å². The van der Waals surface area contributed by atoms with Gasteiger partial charge in [0.25, 0.3) is 5.56 Å². The summed E-state index contributed by atoms with van der Waals surface area (Å²) in [6.07, 6.45) is 5.68. The van der Waals surface area contributed by atoms with Crippen molar-refractivity contribution in [3.63, 3.8) is 0 Å². The van der Waals surface area contributed by atoms with Crippen LogP contribution in [0.2, 0.25) is 0 Å². The molecule has 0 aliphatic carbocycles. The molecule has 0 radical (unpaired) electrons. The molecule has 0 atom stereocenters. The lowest BCUT2D eigenvalue weighted by Crippen LogP contribution is -2.32. The zero-order valence-electron chi connectivity index (χ0n) is 20.7. The summed E-state index contributed by atoms with van der Waals surface area (Å²) in [7, 11) is 2.15. The molecule has 190 valence electrons. The predicted octanol–water partition coefficient (Wildman–Crippen LogP) is 3.86. The molecule has 1 aliphatic heterocycles. The van der Waals surface area contributed by atoms with E-state index in [0.29, 0.717) is 35.4 Å². The number of aromatic nitrogens is 4. The molecule has 0 bridgehead atoms. The number of halogens is 1. The number of anilines is 1. The fourth-order valence-electron chi connectivity index (χ4n) is 4.38. The van der Waals surface area contributed by atoms with E-state index in [1.807, 2.05) is 24.3 Å². The highest BCUT2D eigenvalue weighted by atomic mass is 19.1. The van der Waals surface area contributed by atoms with Crippen LogP contribution in [0.3, 0.4) is 0 Å². The van der Waals surface area contributed by atoms with Crippen molar-refractivity contribution in [2.45, 2.75) is 19.4 Å². The third-order valence-electron chi connectivity index (χ3n) is 6.63. The van der Waals surface area contributed by atoms with Crippen molar-refractivity contribution in [3.05, 3.63) is 88.7 Å². The summed E-state index contributed by atoms with van der Waals surface area (Å²) in [5.41, 5.74) is 8.34. The Morgan fingerprint density at radius 2 is 1.81 bits per heavy atom. The van der Waals surface area contributed by atoms with Crippen LogP contribution in [0.5, 0.6) is 5.75 Å². The third kappa shape index (κ3) is 6.00. The molecular formula is C28H29FN6O2. The Morgan fingerprint density at radius 3 is 2.57 bits per heavy atom. The topological polar surface area (TPSA) is 99.2 Å². The van der Waals surface area contributed by atoms with Crippen molar-refractivity contribution in [1.29, 1.82) is 0 Å². The minimum Gasteiger partial charge on any atom is -0.490 e. The number of nitrogens with zero attached hydrogens (tertiary/aromatic N) is 5. The molecule has 4 aromatic rings. The van der Waals surface area contributed by atoms with Crippen molar-refractivity contribution >= 4 is 5.69 Å². The van der Waals surface area contributed by atoms with E-state index in [-0.39, 0.29) is 17.8 Å². The molecule has 1 fully saturated rings. The first kappa shape index (κ1) is 24.6. The Kier molecular flexibility index (Phi) is 7.23. The number of likely N-dealkylation sites (tertiary alicyclic amines) is 1. The highest BCUT2D eigenvalue weighted by Crippen LogP contribution is 2.22. The lowest BCUT2D eigenvalue weighted by atomic mass is 9.98. The van der Waals surface area contributed by atoms with Crippen molar-refractivity contribution in [3.8, 4) is 28.4 Å². The van der Waals surface area contributed by atoms with Gasteiger partial charge in [0.2, 0.25) is 0 Å². The molecule has 37 heavy (non-hydrogen) atoms. The van der Waals surface area contributed by atoms with Crippen LogP contribution in [0.15, 0.2) is 71.8 Å². The molecule has 0 unspecified atom stereocenters. The fourth-order valence-corrected chi connectivity index (χ4v) is 4.38. The first-order valence-corrected chi connectivity index (χ1v) is 12.3. The first-order valence-electron chi connectivity index (χ1n) is 12.3. The normalized spacial score (nSPS) is 14.5. The first-order chi connectivity index (χ1) is 17.9. The van der Waals surface area contributed by atoms with Gasteiger partial charge in [0.15, 0.2) is 11.6 Å². The van der Waals surface area contributed by atoms with E-state index in [1.165, 1.54) is 22.9 Å². The average molecular weight is 501 g/mol. The van der Waals surface area contributed by atoms with E-state index in [2.05, 4.69) is 27.0 Å². The summed E-state index contributed by atoms with van der Waals surface area (Å²) < 4.78 is 20.9. The van der Waals surface area contributed by atoms with E-state index in [9.17, 15) is 9.18 Å². The summed E-state index contributed by atoms with van der Waals surface area (Å²) in [6, 6.07) is 15.1. The van der Waals surface area contributed by atoms with Gasteiger partial charge in [0, 0.05) is 17.2 Å². The minimum atomic E-state index is -0.493. The Labute approximate surface area is 214 Å². The summed E-state index contributed by atoms with van der Waals surface area (Å²) in [5, 5.41) is 4.46. The largest absolute Gasteiger partial charge is 0.490 e. The van der Waals surface area contributed by atoms with E-state index in [0.717, 1.165) is 37.1 Å². The molecule has 0 amide bonds. The van der Waals surface area contributed by atoms with Crippen LogP contribution >= 0.6 is 0 Å². The van der Waals surface area contributed by atoms with E-state index >= 15 is 0 Å². The van der Waals surface area contributed by atoms with Gasteiger partial charge in [-0.05, 0) is 74.8 Å². The molecular weight excluding hydrogens is 471 g/mol. The quantitative estimate of drug-likeness (QED) is 0.385. The van der Waals surface area contributed by atoms with Gasteiger partial charge in [-0.25, -0.2) is 19.0 Å². The van der Waals surface area contributed by atoms with Gasteiger partial charge in [0.05, 0.1) is 36.9 Å². The van der Waals surface area contributed by atoms with E-state index in [1.54, 1.807) is 24.5 Å². The maximum absolute atomic E-state index is 13.6. The van der Waals surface area contributed by atoms with Crippen LogP contribution in [0, 0.1) is 11.7 Å². The summed E-state index contributed by atoms with van der Waals surface area (Å²) in [5.74, 6) is 1.30. The van der Waals surface area contributed by atoms with E-state index in [4.69, 9.17) is 10.5 Å². The van der Waals surface area contributed by atoms with Crippen LogP contribution in [0.1, 0.15) is 18.4 Å². The van der Waals surface area contributed by atoms with Gasteiger partial charge in [-0.3, -0.25) is 4.79 Å². The Morgan fingerprint density at radius 1 is 1.03 bits per heavy atom. The van der Waals surface area contributed by atoms with Crippen LogP contribution in [-0.2, 0) is 6.54 Å². The number of rotatable bonds is 7. The van der Waals surface area contributed by atoms with Gasteiger partial charge in [-0.15, -0.1) is 0 Å². The maximum atomic E-state index is 13.6. The molecule has 1 saturated heterocycles. The number of hydrogen-bond donors (Lipinski definition) is 1. The van der Waals surface area contributed by atoms with Gasteiger partial charge in [-0.1, -0.05) is 18.2 Å². The summed E-state index contributed by atoms with van der Waals surface area (Å²) in [4.78, 5) is 23.8. The minimum absolute atomic E-state index is 0.0305. The lowest BCUT2D eigenvalue weighted by Gasteiger charge is -2.28. The van der Waals surface area contributed by atoms with Gasteiger partial charge in [-0.2, -0.15) is 5.10 Å². The Balaban J connectivity index is 1.28. The predicted molar refractivity (Wildman–Crippen MR) is 141 cm³/mol. The van der Waals surface area contributed by atoms with Crippen LogP contribution in [0.4, 0.5) is 10.1 Å². The third-order valence-corrected chi connectivity index (χ3v) is 6.63. The summed E-state index contributed by atoms with van der Waals surface area (Å²) in [6.45, 7) is 3.14. The average Bonchev–Trinajstić information content (AvgIpc) is 2.92. The number of nitrogen functional groups attached to an aromatic ring is 1. The SMILES string of the molecule is CN1CCC(COc2cnc(-c3cccc(Cn4nc(-c5ccc(F)c(N)c5)ccc4=O)c3)nc2)CC1. The van der Waals surface area contributed by atoms with Crippen molar-refractivity contribution in [1.82, 2.24) is 24.6 Å². The number of benzene rings is 2. The fraction of sp³-hybridized carbons (Fsp3) is 0.286. The molecule has 3 heterocycles. The second-order valence-electron chi connectivity index (χ2n) is 9.45. The zero-order valence-corrected chi connectivity index (χ0v) is 20.7.